The van der Waals surface area contributed by atoms with Gasteiger partial charge in [-0.1, -0.05) is 39.7 Å². The average molecular weight is 481 g/mol. The summed E-state index contributed by atoms with van der Waals surface area (Å²) in [5.74, 6) is -0.0270. The maximum atomic E-state index is 13.1. The molecule has 7 heteroatoms. The van der Waals surface area contributed by atoms with E-state index in [9.17, 15) is 9.59 Å². The average Bonchev–Trinajstić information content (AvgIpc) is 3.15. The first-order chi connectivity index (χ1) is 14.3. The molecule has 1 N–H and O–H groups in total. The molecule has 0 radical (unpaired) electrons. The van der Waals surface area contributed by atoms with Crippen molar-refractivity contribution in [2.45, 2.75) is 13.8 Å². The largest absolute Gasteiger partial charge is 0.457 e. The SMILES string of the molecule is Cc1ccc(N2C(=O)/C(=C/c3ccc(-c4ccc(C)cc4Br)o3)C(=O)NC2=S)cc1. The standard InChI is InChI=1S/C23H17BrN2O3S/c1-13-3-6-15(7-4-13)26-22(28)18(21(27)25-23(26)30)12-16-8-10-20(29-16)17-9-5-14(2)11-19(17)24/h3-12H,1-2H3,(H,25,27,30)/b18-12+. The summed E-state index contributed by atoms with van der Waals surface area (Å²) in [6.45, 7) is 3.96. The summed E-state index contributed by atoms with van der Waals surface area (Å²) < 4.78 is 6.78. The molecule has 1 fully saturated rings. The Morgan fingerprint density at radius 3 is 2.40 bits per heavy atom. The minimum atomic E-state index is -0.553. The van der Waals surface area contributed by atoms with Gasteiger partial charge >= 0.3 is 0 Å². The number of aryl methyl sites for hydroxylation is 2. The van der Waals surface area contributed by atoms with Crippen molar-refractivity contribution >= 4 is 56.8 Å². The van der Waals surface area contributed by atoms with Gasteiger partial charge in [0, 0.05) is 10.0 Å². The minimum absolute atomic E-state index is 0.0481. The number of furan rings is 1. The molecular weight excluding hydrogens is 464 g/mol. The molecule has 1 aliphatic rings. The number of nitrogens with one attached hydrogen (secondary N) is 1. The van der Waals surface area contributed by atoms with Crippen LogP contribution < -0.4 is 10.2 Å². The van der Waals surface area contributed by atoms with Crippen LogP contribution in [0.25, 0.3) is 17.4 Å². The van der Waals surface area contributed by atoms with E-state index in [0.717, 1.165) is 21.2 Å². The number of carbonyl (C=O) groups excluding carboxylic acids is 2. The predicted octanol–water partition coefficient (Wildman–Crippen LogP) is 5.16. The zero-order valence-electron chi connectivity index (χ0n) is 16.2. The molecule has 0 spiro atoms. The number of benzene rings is 2. The fraction of sp³-hybridized carbons (Fsp3) is 0.0870. The van der Waals surface area contributed by atoms with E-state index in [4.69, 9.17) is 16.6 Å². The number of rotatable bonds is 3. The van der Waals surface area contributed by atoms with Crippen LogP contribution in [0.2, 0.25) is 0 Å². The van der Waals surface area contributed by atoms with Crippen LogP contribution in [0.3, 0.4) is 0 Å². The molecule has 2 heterocycles. The van der Waals surface area contributed by atoms with E-state index in [1.54, 1.807) is 24.3 Å². The van der Waals surface area contributed by atoms with Crippen molar-refractivity contribution in [1.29, 1.82) is 0 Å². The second-order valence-electron chi connectivity index (χ2n) is 6.98. The van der Waals surface area contributed by atoms with Gasteiger partial charge < -0.3 is 4.42 Å². The number of hydrogen-bond acceptors (Lipinski definition) is 4. The van der Waals surface area contributed by atoms with E-state index in [-0.39, 0.29) is 10.7 Å². The molecule has 2 aromatic carbocycles. The summed E-state index contributed by atoms with van der Waals surface area (Å²) in [4.78, 5) is 26.8. The van der Waals surface area contributed by atoms with Crippen molar-refractivity contribution in [3.05, 3.63) is 81.5 Å². The van der Waals surface area contributed by atoms with Crippen LogP contribution in [0.1, 0.15) is 16.9 Å². The number of carbonyl (C=O) groups is 2. The first-order valence-electron chi connectivity index (χ1n) is 9.18. The third-order valence-corrected chi connectivity index (χ3v) is 5.64. The van der Waals surface area contributed by atoms with E-state index in [0.29, 0.717) is 17.2 Å². The Bertz CT molecular complexity index is 1210. The van der Waals surface area contributed by atoms with Gasteiger partial charge in [-0.2, -0.15) is 0 Å². The van der Waals surface area contributed by atoms with E-state index in [1.165, 1.54) is 11.0 Å². The van der Waals surface area contributed by atoms with Gasteiger partial charge in [0.1, 0.15) is 17.1 Å². The number of nitrogens with zero attached hydrogens (tertiary/aromatic N) is 1. The molecule has 5 nitrogen and oxygen atoms in total. The molecular formula is C23H17BrN2O3S. The Kier molecular flexibility index (Phi) is 5.40. The highest BCUT2D eigenvalue weighted by molar-refractivity contribution is 9.10. The predicted molar refractivity (Wildman–Crippen MR) is 124 cm³/mol. The van der Waals surface area contributed by atoms with Gasteiger partial charge in [0.25, 0.3) is 11.8 Å². The fourth-order valence-electron chi connectivity index (χ4n) is 3.12. The molecule has 0 atom stereocenters. The number of halogens is 1. The molecule has 4 rings (SSSR count). The zero-order chi connectivity index (χ0) is 21.4. The van der Waals surface area contributed by atoms with Gasteiger partial charge in [-0.25, -0.2) is 0 Å². The Labute approximate surface area is 187 Å². The maximum Gasteiger partial charge on any atom is 0.270 e. The highest BCUT2D eigenvalue weighted by atomic mass is 79.9. The summed E-state index contributed by atoms with van der Waals surface area (Å²) in [7, 11) is 0. The van der Waals surface area contributed by atoms with E-state index in [1.807, 2.05) is 44.2 Å². The molecule has 0 bridgehead atoms. The molecule has 150 valence electrons. The fourth-order valence-corrected chi connectivity index (χ4v) is 4.09. The summed E-state index contributed by atoms with van der Waals surface area (Å²) in [6.07, 6.45) is 1.44. The van der Waals surface area contributed by atoms with Crippen molar-refractivity contribution in [2.24, 2.45) is 0 Å². The second kappa shape index (κ2) is 8.01. The highest BCUT2D eigenvalue weighted by Crippen LogP contribution is 2.31. The monoisotopic (exact) mass is 480 g/mol. The Morgan fingerprint density at radius 1 is 1.00 bits per heavy atom. The first kappa shape index (κ1) is 20.3. The lowest BCUT2D eigenvalue weighted by atomic mass is 10.1. The molecule has 3 aromatic rings. The van der Waals surface area contributed by atoms with E-state index >= 15 is 0 Å². The number of amides is 2. The van der Waals surface area contributed by atoms with Crippen molar-refractivity contribution in [1.82, 2.24) is 5.32 Å². The van der Waals surface area contributed by atoms with Crippen LogP contribution in [0.4, 0.5) is 5.69 Å². The van der Waals surface area contributed by atoms with E-state index in [2.05, 4.69) is 21.2 Å². The van der Waals surface area contributed by atoms with Crippen molar-refractivity contribution in [3.8, 4) is 11.3 Å². The van der Waals surface area contributed by atoms with Crippen molar-refractivity contribution in [2.75, 3.05) is 4.90 Å². The molecule has 30 heavy (non-hydrogen) atoms. The van der Waals surface area contributed by atoms with Crippen molar-refractivity contribution in [3.63, 3.8) is 0 Å². The molecule has 1 aromatic heterocycles. The lowest BCUT2D eigenvalue weighted by molar-refractivity contribution is -0.122. The quantitative estimate of drug-likeness (QED) is 0.319. The topological polar surface area (TPSA) is 62.6 Å². The first-order valence-corrected chi connectivity index (χ1v) is 10.4. The highest BCUT2D eigenvalue weighted by Gasteiger charge is 2.34. The maximum absolute atomic E-state index is 13.1. The number of thiocarbonyl (C=S) groups is 1. The summed E-state index contributed by atoms with van der Waals surface area (Å²) in [5.41, 5.74) is 3.60. The molecule has 1 saturated heterocycles. The summed E-state index contributed by atoms with van der Waals surface area (Å²) in [6, 6.07) is 16.8. The second-order valence-corrected chi connectivity index (χ2v) is 8.22. The summed E-state index contributed by atoms with van der Waals surface area (Å²) >= 11 is 8.77. The number of hydrogen-bond donors (Lipinski definition) is 1. The zero-order valence-corrected chi connectivity index (χ0v) is 18.6. The van der Waals surface area contributed by atoms with E-state index < -0.39 is 11.8 Å². The third-order valence-electron chi connectivity index (χ3n) is 4.70. The third kappa shape index (κ3) is 3.86. The van der Waals surface area contributed by atoms with Gasteiger partial charge in [0.05, 0.1) is 5.69 Å². The van der Waals surface area contributed by atoms with Crippen LogP contribution in [-0.2, 0) is 9.59 Å². The van der Waals surface area contributed by atoms with Crippen LogP contribution in [0.15, 0.2) is 69.1 Å². The van der Waals surface area contributed by atoms with Gasteiger partial charge in [-0.05, 0) is 74.1 Å². The summed E-state index contributed by atoms with van der Waals surface area (Å²) in [5, 5.41) is 2.63. The van der Waals surface area contributed by atoms with Gasteiger partial charge in [0.15, 0.2) is 5.11 Å². The molecule has 2 amide bonds. The molecule has 0 saturated carbocycles. The van der Waals surface area contributed by atoms with Gasteiger partial charge in [-0.3, -0.25) is 19.8 Å². The lowest BCUT2D eigenvalue weighted by Crippen LogP contribution is -2.54. The normalized spacial score (nSPS) is 15.6. The van der Waals surface area contributed by atoms with Crippen LogP contribution >= 0.6 is 28.1 Å². The van der Waals surface area contributed by atoms with Gasteiger partial charge in [-0.15, -0.1) is 0 Å². The van der Waals surface area contributed by atoms with Crippen molar-refractivity contribution < 1.29 is 14.0 Å². The van der Waals surface area contributed by atoms with Gasteiger partial charge in [0.2, 0.25) is 0 Å². The Balaban J connectivity index is 1.68. The minimum Gasteiger partial charge on any atom is -0.457 e. The molecule has 0 unspecified atom stereocenters. The van der Waals surface area contributed by atoms with Crippen LogP contribution in [-0.4, -0.2) is 16.9 Å². The Morgan fingerprint density at radius 2 is 1.70 bits per heavy atom. The van der Waals surface area contributed by atoms with Crippen LogP contribution in [0, 0.1) is 13.8 Å². The lowest BCUT2D eigenvalue weighted by Gasteiger charge is -2.28. The molecule has 0 aliphatic carbocycles. The smallest absolute Gasteiger partial charge is 0.270 e. The number of anilines is 1. The Hall–Kier alpha value is -3.03. The molecule has 1 aliphatic heterocycles. The van der Waals surface area contributed by atoms with Crippen LogP contribution in [0.5, 0.6) is 0 Å².